The first kappa shape index (κ1) is 32.7. The number of aromatic nitrogens is 4. The van der Waals surface area contributed by atoms with E-state index in [0.29, 0.717) is 32.9 Å². The Morgan fingerprint density at radius 2 is 1.62 bits per heavy atom. The third-order valence-electron chi connectivity index (χ3n) is 7.14. The number of carbonyl (C=O) groups excluding carboxylic acids is 4. The molecule has 5 aromatic rings. The summed E-state index contributed by atoms with van der Waals surface area (Å²) < 4.78 is 16.8. The van der Waals surface area contributed by atoms with Crippen molar-refractivity contribution in [1.29, 1.82) is 0 Å². The first-order valence-electron chi connectivity index (χ1n) is 14.5. The van der Waals surface area contributed by atoms with Crippen LogP contribution in [0.25, 0.3) is 22.0 Å². The Kier molecular flexibility index (Phi) is 9.85. The standard InChI is InChI=1S/C33H30ClFN8O4/c1-19(2)42(16-29(45)40-27-10-6-8-24(31(27)35)23-7-4-5-9-26(23)34)30(46)17-43-28-12-11-21(13-25(28)32(41-43)20(3)44)38-33(47)39-22-14-36-18-37-15-22/h4-15,18-19H,16-17H2,1-3H3,(H,40,45)(H2,38,39,47). The second-order valence-corrected chi connectivity index (χ2v) is 11.2. The molecule has 3 N–H and O–H groups in total. The summed E-state index contributed by atoms with van der Waals surface area (Å²) in [7, 11) is 0. The minimum atomic E-state index is -0.656. The molecule has 4 amide bonds. The Hall–Kier alpha value is -5.69. The number of ketones is 1. The van der Waals surface area contributed by atoms with Crippen molar-refractivity contribution in [2.75, 3.05) is 22.5 Å². The van der Waals surface area contributed by atoms with Crippen LogP contribution in [-0.2, 0) is 16.1 Å². The third-order valence-corrected chi connectivity index (χ3v) is 7.47. The molecule has 47 heavy (non-hydrogen) atoms. The van der Waals surface area contributed by atoms with Crippen LogP contribution >= 0.6 is 11.6 Å². The number of anilines is 3. The van der Waals surface area contributed by atoms with Crippen LogP contribution in [0, 0.1) is 5.82 Å². The molecule has 0 bridgehead atoms. The number of carbonyl (C=O) groups is 4. The number of Topliss-reactive ketones (excluding diaryl/α,β-unsaturated/α-hetero) is 1. The van der Waals surface area contributed by atoms with E-state index in [4.69, 9.17) is 11.6 Å². The molecule has 0 unspecified atom stereocenters. The lowest BCUT2D eigenvalue weighted by Crippen LogP contribution is -2.44. The fraction of sp³-hybridized carbons (Fsp3) is 0.182. The zero-order chi connectivity index (χ0) is 33.7. The molecule has 14 heteroatoms. The van der Waals surface area contributed by atoms with Gasteiger partial charge in [-0.2, -0.15) is 5.10 Å². The van der Waals surface area contributed by atoms with Gasteiger partial charge in [0, 0.05) is 40.2 Å². The van der Waals surface area contributed by atoms with E-state index in [-0.39, 0.29) is 35.8 Å². The normalized spacial score (nSPS) is 10.9. The van der Waals surface area contributed by atoms with Crippen LogP contribution in [0.3, 0.4) is 0 Å². The van der Waals surface area contributed by atoms with Gasteiger partial charge in [0.25, 0.3) is 0 Å². The molecule has 0 aliphatic heterocycles. The van der Waals surface area contributed by atoms with Gasteiger partial charge >= 0.3 is 6.03 Å². The van der Waals surface area contributed by atoms with Crippen molar-refractivity contribution in [2.45, 2.75) is 33.4 Å². The van der Waals surface area contributed by atoms with Gasteiger partial charge in [-0.05, 0) is 44.2 Å². The number of fused-ring (bicyclic) bond motifs is 1. The Morgan fingerprint density at radius 1 is 0.915 bits per heavy atom. The summed E-state index contributed by atoms with van der Waals surface area (Å²) in [6.07, 6.45) is 4.21. The van der Waals surface area contributed by atoms with Crippen LogP contribution in [0.4, 0.5) is 26.2 Å². The van der Waals surface area contributed by atoms with Crippen LogP contribution < -0.4 is 16.0 Å². The van der Waals surface area contributed by atoms with E-state index in [0.717, 1.165) is 0 Å². The van der Waals surface area contributed by atoms with Crippen molar-refractivity contribution in [1.82, 2.24) is 24.6 Å². The Balaban J connectivity index is 1.31. The minimum absolute atomic E-state index is 0.0528. The molecular formula is C33H30ClFN8O4. The van der Waals surface area contributed by atoms with Gasteiger partial charge < -0.3 is 20.9 Å². The second kappa shape index (κ2) is 14.2. The summed E-state index contributed by atoms with van der Waals surface area (Å²) in [6, 6.07) is 15.3. The highest BCUT2D eigenvalue weighted by molar-refractivity contribution is 6.33. The van der Waals surface area contributed by atoms with Crippen molar-refractivity contribution < 1.29 is 23.6 Å². The lowest BCUT2D eigenvalue weighted by atomic mass is 10.0. The lowest BCUT2D eigenvalue weighted by Gasteiger charge is -2.26. The van der Waals surface area contributed by atoms with Crippen LogP contribution in [0.5, 0.6) is 0 Å². The molecule has 0 saturated heterocycles. The first-order valence-corrected chi connectivity index (χ1v) is 14.9. The molecule has 0 spiro atoms. The van der Waals surface area contributed by atoms with Gasteiger partial charge in [0.2, 0.25) is 11.8 Å². The molecule has 0 atom stereocenters. The number of hydrogen-bond acceptors (Lipinski definition) is 7. The van der Waals surface area contributed by atoms with Gasteiger partial charge in [0.1, 0.15) is 25.1 Å². The van der Waals surface area contributed by atoms with Gasteiger partial charge in [0.05, 0.1) is 29.3 Å². The van der Waals surface area contributed by atoms with Crippen molar-refractivity contribution in [3.63, 3.8) is 0 Å². The zero-order valence-electron chi connectivity index (χ0n) is 25.6. The summed E-state index contributed by atoms with van der Waals surface area (Å²) in [5, 5.41) is 13.0. The summed E-state index contributed by atoms with van der Waals surface area (Å²) in [5.74, 6) is -2.05. The molecule has 5 rings (SSSR count). The highest BCUT2D eigenvalue weighted by atomic mass is 35.5. The second-order valence-electron chi connectivity index (χ2n) is 10.8. The smallest absolute Gasteiger partial charge is 0.323 e. The average Bonchev–Trinajstić information content (AvgIpc) is 3.39. The Bertz CT molecular complexity index is 1980. The number of benzene rings is 3. The lowest BCUT2D eigenvalue weighted by molar-refractivity contribution is -0.137. The fourth-order valence-corrected chi connectivity index (χ4v) is 5.17. The van der Waals surface area contributed by atoms with Gasteiger partial charge in [-0.15, -0.1) is 0 Å². The highest BCUT2D eigenvalue weighted by Gasteiger charge is 2.24. The number of nitrogens with one attached hydrogen (secondary N) is 3. The molecule has 2 heterocycles. The third kappa shape index (κ3) is 7.59. The van der Waals surface area contributed by atoms with Crippen LogP contribution in [0.2, 0.25) is 5.02 Å². The Labute approximate surface area is 274 Å². The molecule has 0 aliphatic carbocycles. The number of nitrogens with zero attached hydrogens (tertiary/aromatic N) is 5. The largest absolute Gasteiger partial charge is 0.329 e. The van der Waals surface area contributed by atoms with Crippen molar-refractivity contribution >= 4 is 63.2 Å². The number of rotatable bonds is 10. The van der Waals surface area contributed by atoms with Gasteiger partial charge in [-0.1, -0.05) is 41.9 Å². The van der Waals surface area contributed by atoms with E-state index >= 15 is 4.39 Å². The average molecular weight is 657 g/mol. The molecule has 2 aromatic heterocycles. The SMILES string of the molecule is CC(=O)c1nn(CC(=O)N(CC(=O)Nc2cccc(-c3ccccc3Cl)c2F)C(C)C)c2ccc(NC(=O)Nc3cncnc3)cc12. The minimum Gasteiger partial charge on any atom is -0.329 e. The van der Waals surface area contributed by atoms with E-state index in [9.17, 15) is 19.2 Å². The topological polar surface area (TPSA) is 151 Å². The van der Waals surface area contributed by atoms with Gasteiger partial charge in [0.15, 0.2) is 11.6 Å². The zero-order valence-corrected chi connectivity index (χ0v) is 26.4. The van der Waals surface area contributed by atoms with Gasteiger partial charge in [-0.3, -0.25) is 19.1 Å². The van der Waals surface area contributed by atoms with Gasteiger partial charge in [-0.25, -0.2) is 19.2 Å². The first-order chi connectivity index (χ1) is 22.5. The molecule has 3 aromatic carbocycles. The molecule has 0 fully saturated rings. The fourth-order valence-electron chi connectivity index (χ4n) is 4.93. The maximum absolute atomic E-state index is 15.4. The van der Waals surface area contributed by atoms with E-state index in [2.05, 4.69) is 31.0 Å². The van der Waals surface area contributed by atoms with Crippen LogP contribution in [0.1, 0.15) is 31.3 Å². The summed E-state index contributed by atoms with van der Waals surface area (Å²) in [6.45, 7) is 4.20. The molecule has 0 aliphatic rings. The maximum atomic E-state index is 15.4. The predicted molar refractivity (Wildman–Crippen MR) is 177 cm³/mol. The quantitative estimate of drug-likeness (QED) is 0.156. The monoisotopic (exact) mass is 656 g/mol. The number of urea groups is 1. The van der Waals surface area contributed by atoms with Crippen LogP contribution in [0.15, 0.2) is 79.4 Å². The molecule has 0 radical (unpaired) electrons. The van der Waals surface area contributed by atoms with E-state index in [1.54, 1.807) is 68.4 Å². The predicted octanol–water partition coefficient (Wildman–Crippen LogP) is 6.01. The Morgan fingerprint density at radius 3 is 2.32 bits per heavy atom. The van der Waals surface area contributed by atoms with Crippen molar-refractivity contribution in [3.8, 4) is 11.1 Å². The van der Waals surface area contributed by atoms with E-state index in [1.165, 1.54) is 41.3 Å². The highest BCUT2D eigenvalue weighted by Crippen LogP contribution is 2.32. The maximum Gasteiger partial charge on any atom is 0.323 e. The van der Waals surface area contributed by atoms with Crippen molar-refractivity contribution in [2.24, 2.45) is 0 Å². The number of amides is 4. The molecule has 12 nitrogen and oxygen atoms in total. The number of halogens is 2. The summed E-state index contributed by atoms with van der Waals surface area (Å²) in [4.78, 5) is 60.6. The molecular weight excluding hydrogens is 627 g/mol. The van der Waals surface area contributed by atoms with Crippen molar-refractivity contribution in [3.05, 3.63) is 95.9 Å². The molecule has 240 valence electrons. The van der Waals surface area contributed by atoms with E-state index in [1.807, 2.05) is 0 Å². The number of hydrogen-bond donors (Lipinski definition) is 3. The van der Waals surface area contributed by atoms with Crippen LogP contribution in [-0.4, -0.2) is 60.9 Å². The summed E-state index contributed by atoms with van der Waals surface area (Å²) in [5.41, 5.74) is 2.00. The summed E-state index contributed by atoms with van der Waals surface area (Å²) >= 11 is 6.26. The molecule has 0 saturated carbocycles. The van der Waals surface area contributed by atoms with E-state index < -0.39 is 29.7 Å².